The molecule has 0 spiro atoms. The van der Waals surface area contributed by atoms with Gasteiger partial charge in [-0.25, -0.2) is 4.98 Å². The lowest BCUT2D eigenvalue weighted by molar-refractivity contribution is 0.790. The molecular formula is C10H11BrN2S2. The van der Waals surface area contributed by atoms with Crippen molar-refractivity contribution in [2.24, 2.45) is 5.73 Å². The standard InChI is InChI=1S/C10H11BrN2S2/c1-5(12)8-4-14-10(13-8)9-3-7(11)6(2)15-9/h3-5H,12H2,1-2H3. The molecule has 0 bridgehead atoms. The SMILES string of the molecule is Cc1sc(-c2nc(C(C)N)cs2)cc1Br. The number of thiophene rings is 1. The van der Waals surface area contributed by atoms with E-state index >= 15 is 0 Å². The number of thiazole rings is 1. The number of aryl methyl sites for hydroxylation is 1. The predicted molar refractivity (Wildman–Crippen MR) is 70.5 cm³/mol. The molecule has 0 aliphatic heterocycles. The number of aromatic nitrogens is 1. The summed E-state index contributed by atoms with van der Waals surface area (Å²) in [7, 11) is 0. The highest BCUT2D eigenvalue weighted by molar-refractivity contribution is 9.10. The van der Waals surface area contributed by atoms with Gasteiger partial charge in [0.25, 0.3) is 0 Å². The first-order valence-corrected chi connectivity index (χ1v) is 7.04. The number of hydrogen-bond acceptors (Lipinski definition) is 4. The van der Waals surface area contributed by atoms with Crippen LogP contribution in [-0.4, -0.2) is 4.98 Å². The van der Waals surface area contributed by atoms with Crippen LogP contribution >= 0.6 is 38.6 Å². The highest BCUT2D eigenvalue weighted by Crippen LogP contribution is 2.35. The lowest BCUT2D eigenvalue weighted by Gasteiger charge is -1.96. The van der Waals surface area contributed by atoms with Gasteiger partial charge in [0.15, 0.2) is 0 Å². The van der Waals surface area contributed by atoms with E-state index in [1.807, 2.05) is 12.3 Å². The summed E-state index contributed by atoms with van der Waals surface area (Å²) in [4.78, 5) is 7.00. The Morgan fingerprint density at radius 3 is 2.73 bits per heavy atom. The molecule has 0 aliphatic carbocycles. The molecule has 5 heteroatoms. The van der Waals surface area contributed by atoms with Crippen LogP contribution in [0.15, 0.2) is 15.9 Å². The van der Waals surface area contributed by atoms with Gasteiger partial charge < -0.3 is 5.73 Å². The van der Waals surface area contributed by atoms with Crippen molar-refractivity contribution in [2.75, 3.05) is 0 Å². The van der Waals surface area contributed by atoms with E-state index < -0.39 is 0 Å². The normalized spacial score (nSPS) is 13.1. The maximum absolute atomic E-state index is 5.78. The zero-order valence-electron chi connectivity index (χ0n) is 8.45. The predicted octanol–water partition coefficient (Wildman–Crippen LogP) is 3.96. The van der Waals surface area contributed by atoms with Gasteiger partial charge >= 0.3 is 0 Å². The van der Waals surface area contributed by atoms with Crippen molar-refractivity contribution >= 4 is 38.6 Å². The van der Waals surface area contributed by atoms with Crippen molar-refractivity contribution in [3.8, 4) is 9.88 Å². The number of hydrogen-bond donors (Lipinski definition) is 1. The fourth-order valence-electron chi connectivity index (χ4n) is 1.17. The van der Waals surface area contributed by atoms with Gasteiger partial charge in [0.2, 0.25) is 0 Å². The highest BCUT2D eigenvalue weighted by Gasteiger charge is 2.11. The van der Waals surface area contributed by atoms with Crippen molar-refractivity contribution in [1.82, 2.24) is 4.98 Å². The molecule has 2 heterocycles. The van der Waals surface area contributed by atoms with Crippen LogP contribution < -0.4 is 5.73 Å². The fourth-order valence-corrected chi connectivity index (χ4v) is 3.70. The summed E-state index contributed by atoms with van der Waals surface area (Å²) in [5, 5.41) is 3.09. The van der Waals surface area contributed by atoms with Gasteiger partial charge in [-0.1, -0.05) is 0 Å². The average molecular weight is 303 g/mol. The minimum atomic E-state index is 0.0134. The largest absolute Gasteiger partial charge is 0.323 e. The number of nitrogens with two attached hydrogens (primary N) is 1. The molecule has 2 nitrogen and oxygen atoms in total. The van der Waals surface area contributed by atoms with Crippen LogP contribution in [-0.2, 0) is 0 Å². The number of nitrogens with zero attached hydrogens (tertiary/aromatic N) is 1. The van der Waals surface area contributed by atoms with Crippen LogP contribution in [0.2, 0.25) is 0 Å². The summed E-state index contributed by atoms with van der Waals surface area (Å²) in [5.41, 5.74) is 6.75. The molecule has 2 N–H and O–H groups in total. The van der Waals surface area contributed by atoms with Crippen molar-refractivity contribution in [3.63, 3.8) is 0 Å². The minimum absolute atomic E-state index is 0.0134. The smallest absolute Gasteiger partial charge is 0.133 e. The lowest BCUT2D eigenvalue weighted by Crippen LogP contribution is -2.04. The van der Waals surface area contributed by atoms with Gasteiger partial charge in [0.05, 0.1) is 10.6 Å². The molecule has 2 aromatic heterocycles. The molecule has 80 valence electrons. The maximum atomic E-state index is 5.78. The molecule has 0 saturated heterocycles. The Kier molecular flexibility index (Phi) is 3.25. The second-order valence-electron chi connectivity index (χ2n) is 3.38. The molecule has 2 aromatic rings. The van der Waals surface area contributed by atoms with E-state index in [9.17, 15) is 0 Å². The molecular weight excluding hydrogens is 292 g/mol. The van der Waals surface area contributed by atoms with Gasteiger partial charge in [0, 0.05) is 20.8 Å². The van der Waals surface area contributed by atoms with Gasteiger partial charge in [-0.3, -0.25) is 0 Å². The summed E-state index contributed by atoms with van der Waals surface area (Å²) >= 11 is 6.92. The highest BCUT2D eigenvalue weighted by atomic mass is 79.9. The molecule has 15 heavy (non-hydrogen) atoms. The molecule has 1 atom stereocenters. The number of halogens is 1. The van der Waals surface area contributed by atoms with Crippen LogP contribution in [0.5, 0.6) is 0 Å². The monoisotopic (exact) mass is 302 g/mol. The van der Waals surface area contributed by atoms with Crippen LogP contribution in [0.3, 0.4) is 0 Å². The third kappa shape index (κ3) is 2.30. The Bertz CT molecular complexity index is 454. The van der Waals surface area contributed by atoms with E-state index in [1.54, 1.807) is 22.7 Å². The quantitative estimate of drug-likeness (QED) is 0.912. The molecule has 0 fully saturated rings. The first kappa shape index (κ1) is 11.3. The van der Waals surface area contributed by atoms with E-state index in [2.05, 4.69) is 33.9 Å². The zero-order valence-corrected chi connectivity index (χ0v) is 11.7. The van der Waals surface area contributed by atoms with Gasteiger partial charge in [-0.05, 0) is 35.8 Å². The van der Waals surface area contributed by atoms with E-state index in [0.717, 1.165) is 15.2 Å². The summed E-state index contributed by atoms with van der Waals surface area (Å²) in [6.07, 6.45) is 0. The first-order chi connectivity index (χ1) is 7.08. The molecule has 0 amide bonds. The van der Waals surface area contributed by atoms with Crippen LogP contribution in [0.1, 0.15) is 23.5 Å². The third-order valence-electron chi connectivity index (χ3n) is 2.06. The second-order valence-corrected chi connectivity index (χ2v) is 6.35. The van der Waals surface area contributed by atoms with Crippen molar-refractivity contribution in [3.05, 3.63) is 26.5 Å². The minimum Gasteiger partial charge on any atom is -0.323 e. The molecule has 1 unspecified atom stereocenters. The maximum Gasteiger partial charge on any atom is 0.133 e. The summed E-state index contributed by atoms with van der Waals surface area (Å²) < 4.78 is 1.15. The van der Waals surface area contributed by atoms with E-state index in [4.69, 9.17) is 5.73 Å². The second kappa shape index (κ2) is 4.33. The Balaban J connectivity index is 2.37. The summed E-state index contributed by atoms with van der Waals surface area (Å²) in [5.74, 6) is 0. The Hall–Kier alpha value is -0.230. The van der Waals surface area contributed by atoms with Crippen molar-refractivity contribution < 1.29 is 0 Å². The Labute approximate surface area is 105 Å². The molecule has 0 radical (unpaired) electrons. The van der Waals surface area contributed by atoms with E-state index in [0.29, 0.717) is 0 Å². The third-order valence-corrected chi connectivity index (χ3v) is 5.22. The van der Waals surface area contributed by atoms with Crippen molar-refractivity contribution in [1.29, 1.82) is 0 Å². The zero-order chi connectivity index (χ0) is 11.0. The molecule has 0 aliphatic rings. The Morgan fingerprint density at radius 2 is 2.27 bits per heavy atom. The van der Waals surface area contributed by atoms with Crippen molar-refractivity contribution in [2.45, 2.75) is 19.9 Å². The van der Waals surface area contributed by atoms with Crippen LogP contribution in [0, 0.1) is 6.92 Å². The van der Waals surface area contributed by atoms with E-state index in [1.165, 1.54) is 9.75 Å². The van der Waals surface area contributed by atoms with Gasteiger partial charge in [-0.2, -0.15) is 0 Å². The lowest BCUT2D eigenvalue weighted by atomic mass is 10.3. The molecule has 0 aromatic carbocycles. The molecule has 0 saturated carbocycles. The Morgan fingerprint density at radius 1 is 1.53 bits per heavy atom. The fraction of sp³-hybridized carbons (Fsp3) is 0.300. The van der Waals surface area contributed by atoms with Gasteiger partial charge in [0.1, 0.15) is 5.01 Å². The van der Waals surface area contributed by atoms with E-state index in [-0.39, 0.29) is 6.04 Å². The topological polar surface area (TPSA) is 38.9 Å². The molecule has 2 rings (SSSR count). The van der Waals surface area contributed by atoms with Gasteiger partial charge in [-0.15, -0.1) is 22.7 Å². The van der Waals surface area contributed by atoms with Crippen LogP contribution in [0.4, 0.5) is 0 Å². The summed E-state index contributed by atoms with van der Waals surface area (Å²) in [6.45, 7) is 4.05. The first-order valence-electron chi connectivity index (χ1n) is 4.55. The van der Waals surface area contributed by atoms with Crippen LogP contribution in [0.25, 0.3) is 9.88 Å². The number of rotatable bonds is 2. The average Bonchev–Trinajstić information content (AvgIpc) is 2.74. The summed E-state index contributed by atoms with van der Waals surface area (Å²) in [6, 6.07) is 2.13.